The highest BCUT2D eigenvalue weighted by atomic mass is 16.5. The third-order valence-electron chi connectivity index (χ3n) is 10.6. The van der Waals surface area contributed by atoms with Crippen LogP contribution in [0.2, 0.25) is 0 Å². The van der Waals surface area contributed by atoms with E-state index in [-0.39, 0.29) is 74.5 Å². The molecule has 1 saturated heterocycles. The van der Waals surface area contributed by atoms with Gasteiger partial charge in [0.25, 0.3) is 5.91 Å². The molecule has 0 aliphatic carbocycles. The number of aryl methyl sites for hydroxylation is 1. The highest BCUT2D eigenvalue weighted by Crippen LogP contribution is 2.27. The normalized spacial score (nSPS) is 20.8. The number of fused-ring (bicyclic) bond motifs is 1. The molecule has 318 valence electrons. The lowest BCUT2D eigenvalue weighted by Gasteiger charge is -2.34. The minimum atomic E-state index is -0.994. The van der Waals surface area contributed by atoms with Crippen LogP contribution in [0.4, 0.5) is 0 Å². The number of aromatic nitrogens is 3. The number of hydrogen-bond acceptors (Lipinski definition) is 10. The second-order valence-corrected chi connectivity index (χ2v) is 15.4. The molecular formula is C42H57N9O8. The molecule has 3 aromatic rings. The van der Waals surface area contributed by atoms with Crippen LogP contribution in [0.25, 0.3) is 0 Å². The zero-order chi connectivity index (χ0) is 42.6. The van der Waals surface area contributed by atoms with Gasteiger partial charge in [-0.15, -0.1) is 0 Å². The van der Waals surface area contributed by atoms with Crippen molar-refractivity contribution in [2.75, 3.05) is 46.9 Å². The first-order chi connectivity index (χ1) is 28.3. The molecule has 17 heteroatoms. The molecule has 0 bridgehead atoms. The van der Waals surface area contributed by atoms with Gasteiger partial charge in [-0.05, 0) is 56.7 Å². The first-order valence-corrected chi connectivity index (χ1v) is 20.2. The molecule has 1 aromatic heterocycles. The number of benzene rings is 2. The van der Waals surface area contributed by atoms with Gasteiger partial charge in [-0.2, -0.15) is 5.10 Å². The van der Waals surface area contributed by atoms with Crippen molar-refractivity contribution < 1.29 is 38.2 Å². The maximum Gasteiger partial charge on any atom is 0.254 e. The van der Waals surface area contributed by atoms with Crippen LogP contribution in [0.5, 0.6) is 11.5 Å². The summed E-state index contributed by atoms with van der Waals surface area (Å²) in [6, 6.07) is 11.7. The number of carbonyl (C=O) groups excluding carboxylic acids is 6. The molecule has 5 rings (SSSR count). The number of methoxy groups -OCH3 is 2. The van der Waals surface area contributed by atoms with E-state index in [1.165, 1.54) is 18.9 Å². The molecule has 0 unspecified atom stereocenters. The molecule has 2 aromatic carbocycles. The van der Waals surface area contributed by atoms with Gasteiger partial charge in [-0.1, -0.05) is 44.2 Å². The van der Waals surface area contributed by atoms with Crippen molar-refractivity contribution in [3.05, 3.63) is 71.3 Å². The van der Waals surface area contributed by atoms with E-state index in [0.717, 1.165) is 5.56 Å². The zero-order valence-electron chi connectivity index (χ0n) is 34.8. The Labute approximate surface area is 344 Å². The largest absolute Gasteiger partial charge is 0.497 e. The summed E-state index contributed by atoms with van der Waals surface area (Å²) in [6.45, 7) is 8.17. The first kappa shape index (κ1) is 44.1. The average molecular weight is 816 g/mol. The highest BCUT2D eigenvalue weighted by molar-refractivity contribution is 5.95. The predicted molar refractivity (Wildman–Crippen MR) is 217 cm³/mol. The Morgan fingerprint density at radius 1 is 0.847 bits per heavy atom. The Balaban J connectivity index is 1.32. The van der Waals surface area contributed by atoms with Crippen LogP contribution in [0.15, 0.2) is 48.5 Å². The van der Waals surface area contributed by atoms with Crippen molar-refractivity contribution in [2.45, 2.75) is 84.5 Å². The molecule has 0 spiro atoms. The summed E-state index contributed by atoms with van der Waals surface area (Å²) in [6.07, 6.45) is 1.40. The lowest BCUT2D eigenvalue weighted by atomic mass is 9.94. The van der Waals surface area contributed by atoms with Gasteiger partial charge in [-0.3, -0.25) is 28.8 Å². The number of likely N-dealkylation sites (tertiary alicyclic amines) is 1. The van der Waals surface area contributed by atoms with Gasteiger partial charge < -0.3 is 40.5 Å². The summed E-state index contributed by atoms with van der Waals surface area (Å²) in [5.41, 5.74) is 1.25. The predicted octanol–water partition coefficient (Wildman–Crippen LogP) is 1.94. The molecule has 4 N–H and O–H groups in total. The summed E-state index contributed by atoms with van der Waals surface area (Å²) in [5, 5.41) is 16.0. The number of rotatable bonds is 7. The van der Waals surface area contributed by atoms with Crippen molar-refractivity contribution in [1.82, 2.24) is 45.8 Å². The molecule has 2 aliphatic rings. The van der Waals surface area contributed by atoms with Gasteiger partial charge in [-0.25, -0.2) is 9.67 Å². The SMILES string of the molecule is COc1cc(OC)cc(C(=O)N2CCC(C(=O)N3CCCC(=O)N[C@@H](C)C(=O)N[C@H](Cc4ccccc4)C(=O)N[C@@H](C(C)C)c4nc(C)nn4CC(=O)NCC3)CC2)c1. The topological polar surface area (TPSA) is 206 Å². The molecular weight excluding hydrogens is 759 g/mol. The summed E-state index contributed by atoms with van der Waals surface area (Å²) >= 11 is 0. The Morgan fingerprint density at radius 3 is 2.17 bits per heavy atom. The van der Waals surface area contributed by atoms with Crippen molar-refractivity contribution in [3.63, 3.8) is 0 Å². The molecule has 6 amide bonds. The lowest BCUT2D eigenvalue weighted by Crippen LogP contribution is -2.54. The van der Waals surface area contributed by atoms with Gasteiger partial charge >= 0.3 is 0 Å². The molecule has 17 nitrogen and oxygen atoms in total. The van der Waals surface area contributed by atoms with Crippen LogP contribution < -0.4 is 30.7 Å². The summed E-state index contributed by atoms with van der Waals surface area (Å²) in [4.78, 5) is 89.3. The number of piperidine rings is 1. The van der Waals surface area contributed by atoms with Crippen molar-refractivity contribution in [1.29, 1.82) is 0 Å². The second kappa shape index (κ2) is 20.6. The number of hydrogen-bond donors (Lipinski definition) is 4. The molecule has 59 heavy (non-hydrogen) atoms. The maximum atomic E-state index is 14.0. The van der Waals surface area contributed by atoms with E-state index in [4.69, 9.17) is 9.47 Å². The fraction of sp³-hybridized carbons (Fsp3) is 0.524. The Bertz CT molecular complexity index is 1940. The van der Waals surface area contributed by atoms with Gasteiger partial charge in [0.2, 0.25) is 29.5 Å². The standard InChI is InChI=1S/C42H57N9O8/c1-26(2)37-38-45-28(4)48-51(38)25-36(53)43-16-20-49(41(56)30-14-18-50(19-15-30)42(57)31-22-32(58-5)24-33(23-31)59-6)17-10-13-35(52)44-27(3)39(54)46-34(40(55)47-37)21-29-11-8-7-9-12-29/h7-9,11-12,22-24,26-27,30,34,37H,10,13-21,25H2,1-6H3,(H,43,53)(H,44,52)(H,46,54)(H,47,55)/t27-,34+,37-/m0/s1. The van der Waals surface area contributed by atoms with Gasteiger partial charge in [0.05, 0.1) is 20.3 Å². The summed E-state index contributed by atoms with van der Waals surface area (Å²) in [5.74, 6) is -0.807. The fourth-order valence-corrected chi connectivity index (χ4v) is 7.32. The van der Waals surface area contributed by atoms with Gasteiger partial charge in [0, 0.05) is 63.1 Å². The van der Waals surface area contributed by atoms with Crippen LogP contribution in [0, 0.1) is 18.8 Å². The van der Waals surface area contributed by atoms with E-state index in [1.54, 1.807) is 41.8 Å². The second-order valence-electron chi connectivity index (χ2n) is 15.4. The first-order valence-electron chi connectivity index (χ1n) is 20.2. The Hall–Kier alpha value is -6.00. The van der Waals surface area contributed by atoms with Crippen LogP contribution in [-0.2, 0) is 36.9 Å². The highest BCUT2D eigenvalue weighted by Gasteiger charge is 2.33. The third kappa shape index (κ3) is 12.0. The monoisotopic (exact) mass is 815 g/mol. The summed E-state index contributed by atoms with van der Waals surface area (Å²) < 4.78 is 12.1. The van der Waals surface area contributed by atoms with Crippen molar-refractivity contribution in [3.8, 4) is 11.5 Å². The third-order valence-corrected chi connectivity index (χ3v) is 10.6. The van der Waals surface area contributed by atoms with E-state index >= 15 is 0 Å². The van der Waals surface area contributed by atoms with Crippen molar-refractivity contribution in [2.24, 2.45) is 11.8 Å². The minimum Gasteiger partial charge on any atom is -0.497 e. The van der Waals surface area contributed by atoms with Crippen LogP contribution >= 0.6 is 0 Å². The van der Waals surface area contributed by atoms with E-state index in [2.05, 4.69) is 31.3 Å². The van der Waals surface area contributed by atoms with Crippen LogP contribution in [0.3, 0.4) is 0 Å². The summed E-state index contributed by atoms with van der Waals surface area (Å²) in [7, 11) is 3.04. The van der Waals surface area contributed by atoms with E-state index in [0.29, 0.717) is 61.1 Å². The van der Waals surface area contributed by atoms with Gasteiger partial charge in [0.1, 0.15) is 36.0 Å². The van der Waals surface area contributed by atoms with E-state index < -0.39 is 29.9 Å². The minimum absolute atomic E-state index is 0.0309. The van der Waals surface area contributed by atoms with Gasteiger partial charge in [0.15, 0.2) is 5.82 Å². The molecule has 0 saturated carbocycles. The molecule has 2 aliphatic heterocycles. The van der Waals surface area contributed by atoms with E-state index in [1.807, 2.05) is 44.2 Å². The number of ether oxygens (including phenoxy) is 2. The molecule has 3 heterocycles. The Morgan fingerprint density at radius 2 is 1.53 bits per heavy atom. The quantitative estimate of drug-likeness (QED) is 0.273. The van der Waals surface area contributed by atoms with Crippen LogP contribution in [0.1, 0.15) is 80.1 Å². The Kier molecular flexibility index (Phi) is 15.4. The molecule has 0 radical (unpaired) electrons. The molecule has 1 fully saturated rings. The van der Waals surface area contributed by atoms with E-state index in [9.17, 15) is 28.8 Å². The zero-order valence-corrected chi connectivity index (χ0v) is 34.8. The maximum absolute atomic E-state index is 14.0. The average Bonchev–Trinajstić information content (AvgIpc) is 3.59. The lowest BCUT2D eigenvalue weighted by molar-refractivity contribution is -0.137. The fourth-order valence-electron chi connectivity index (χ4n) is 7.32. The smallest absolute Gasteiger partial charge is 0.254 e. The number of carbonyl (C=O) groups is 6. The number of nitrogens with one attached hydrogen (secondary N) is 4. The van der Waals surface area contributed by atoms with Crippen LogP contribution in [-0.4, -0.2) is 119 Å². The van der Waals surface area contributed by atoms with Crippen molar-refractivity contribution >= 4 is 35.4 Å². The number of nitrogens with zero attached hydrogens (tertiary/aromatic N) is 5. The molecule has 3 atom stereocenters. The number of amides is 6.